The Kier molecular flexibility index (Phi) is 6.37. The monoisotopic (exact) mass is 258 g/mol. The number of benzene rings is 1. The largest absolute Gasteiger partial charge is 0.346 e. The molecule has 4 heteroatoms. The van der Waals surface area contributed by atoms with Gasteiger partial charge in [-0.05, 0) is 32.9 Å². The average molecular weight is 258 g/mol. The third-order valence-corrected chi connectivity index (χ3v) is 5.33. The number of ether oxygens (including phenoxy) is 2. The van der Waals surface area contributed by atoms with Crippen molar-refractivity contribution in [3.05, 3.63) is 30.3 Å². The molecule has 0 N–H and O–H groups in total. The molecule has 0 aliphatic rings. The highest BCUT2D eigenvalue weighted by atomic mass is 32.7. The Hall–Kier alpha value is -0.0800. The maximum Gasteiger partial charge on any atom is 0.190 e. The maximum absolute atomic E-state index is 5.66. The first kappa shape index (κ1) is 14.0. The number of hydrogen-bond acceptors (Lipinski definition) is 3. The Morgan fingerprint density at radius 1 is 1.12 bits per heavy atom. The molecule has 0 saturated heterocycles. The Morgan fingerprint density at radius 2 is 1.69 bits per heavy atom. The smallest absolute Gasteiger partial charge is 0.190 e. The lowest BCUT2D eigenvalue weighted by molar-refractivity contribution is -0.154. The van der Waals surface area contributed by atoms with Crippen LogP contribution in [0.5, 0.6) is 0 Å². The van der Waals surface area contributed by atoms with Crippen molar-refractivity contribution in [1.82, 2.24) is 0 Å². The molecule has 0 bridgehead atoms. The summed E-state index contributed by atoms with van der Waals surface area (Å²) in [4.78, 5) is 1.26. The van der Waals surface area contributed by atoms with E-state index in [0.717, 1.165) is 0 Å². The molecule has 1 atom stereocenters. The molecule has 0 aliphatic heterocycles. The normalized spacial score (nSPS) is 12.4. The van der Waals surface area contributed by atoms with Gasteiger partial charge in [0.05, 0.1) is 0 Å². The van der Waals surface area contributed by atoms with Crippen molar-refractivity contribution in [3.63, 3.8) is 0 Å². The standard InChI is InChI=1S/C12H19O2PS/c1-4-13-12(3,14-5-2)15-16-11-9-7-6-8-10-11/h6-10,15H,4-5H2,1-3H3. The van der Waals surface area contributed by atoms with Crippen LogP contribution in [0.4, 0.5) is 0 Å². The Bertz CT molecular complexity index is 286. The van der Waals surface area contributed by atoms with Crippen LogP contribution in [0.25, 0.3) is 0 Å². The van der Waals surface area contributed by atoms with E-state index in [1.807, 2.05) is 39.0 Å². The zero-order chi connectivity index (χ0) is 11.9. The van der Waals surface area contributed by atoms with E-state index < -0.39 is 5.53 Å². The zero-order valence-corrected chi connectivity index (χ0v) is 11.8. The van der Waals surface area contributed by atoms with Crippen LogP contribution < -0.4 is 0 Å². The SMILES string of the molecule is CCOC(C)(OCC)PSc1ccccc1. The summed E-state index contributed by atoms with van der Waals surface area (Å²) in [6, 6.07) is 10.3. The summed E-state index contributed by atoms with van der Waals surface area (Å²) in [5, 5.41) is 0. The quantitative estimate of drug-likeness (QED) is 0.541. The molecule has 0 aliphatic carbocycles. The second-order valence-electron chi connectivity index (χ2n) is 3.33. The summed E-state index contributed by atoms with van der Waals surface area (Å²) in [6.07, 6.45) is 0. The fourth-order valence-corrected chi connectivity index (χ4v) is 3.97. The van der Waals surface area contributed by atoms with Gasteiger partial charge in [0.25, 0.3) is 0 Å². The Labute approximate surface area is 104 Å². The van der Waals surface area contributed by atoms with Crippen LogP contribution in [-0.2, 0) is 9.47 Å². The Balaban J connectivity index is 2.49. The van der Waals surface area contributed by atoms with E-state index in [2.05, 4.69) is 12.1 Å². The van der Waals surface area contributed by atoms with Gasteiger partial charge in [0, 0.05) is 25.9 Å². The maximum atomic E-state index is 5.66. The van der Waals surface area contributed by atoms with Crippen molar-refractivity contribution in [2.45, 2.75) is 31.2 Å². The van der Waals surface area contributed by atoms with Gasteiger partial charge in [-0.15, -0.1) is 0 Å². The molecule has 1 aromatic carbocycles. The van der Waals surface area contributed by atoms with Crippen molar-refractivity contribution in [2.75, 3.05) is 13.2 Å². The molecule has 0 amide bonds. The first-order chi connectivity index (χ1) is 7.70. The lowest BCUT2D eigenvalue weighted by Gasteiger charge is -2.28. The van der Waals surface area contributed by atoms with Gasteiger partial charge in [0.15, 0.2) is 5.53 Å². The molecule has 0 spiro atoms. The topological polar surface area (TPSA) is 18.5 Å². The fraction of sp³-hybridized carbons (Fsp3) is 0.500. The fourth-order valence-electron chi connectivity index (χ4n) is 1.29. The van der Waals surface area contributed by atoms with E-state index >= 15 is 0 Å². The molecule has 0 aromatic heterocycles. The van der Waals surface area contributed by atoms with E-state index in [9.17, 15) is 0 Å². The first-order valence-corrected chi connectivity index (χ1v) is 8.01. The highest BCUT2D eigenvalue weighted by Gasteiger charge is 2.25. The summed E-state index contributed by atoms with van der Waals surface area (Å²) in [5.41, 5.74) is -0.454. The minimum atomic E-state index is -0.454. The summed E-state index contributed by atoms with van der Waals surface area (Å²) < 4.78 is 11.3. The third-order valence-electron chi connectivity index (χ3n) is 1.94. The van der Waals surface area contributed by atoms with E-state index in [0.29, 0.717) is 21.0 Å². The van der Waals surface area contributed by atoms with Crippen molar-refractivity contribution < 1.29 is 9.47 Å². The van der Waals surface area contributed by atoms with E-state index in [1.165, 1.54) is 4.90 Å². The first-order valence-electron chi connectivity index (χ1n) is 5.47. The molecule has 1 aromatic rings. The number of hydrogen-bond donors (Lipinski definition) is 0. The van der Waals surface area contributed by atoms with Crippen LogP contribution in [0.3, 0.4) is 0 Å². The van der Waals surface area contributed by atoms with Gasteiger partial charge in [-0.1, -0.05) is 29.6 Å². The molecular formula is C12H19O2PS. The Morgan fingerprint density at radius 3 is 2.19 bits per heavy atom. The van der Waals surface area contributed by atoms with Gasteiger partial charge in [0.1, 0.15) is 0 Å². The van der Waals surface area contributed by atoms with Gasteiger partial charge in [-0.3, -0.25) is 0 Å². The van der Waals surface area contributed by atoms with Crippen molar-refractivity contribution in [2.24, 2.45) is 0 Å². The minimum Gasteiger partial charge on any atom is -0.346 e. The zero-order valence-electron chi connectivity index (χ0n) is 10.0. The summed E-state index contributed by atoms with van der Waals surface area (Å²) in [7, 11) is 0.540. The highest BCUT2D eigenvalue weighted by molar-refractivity contribution is 8.49. The van der Waals surface area contributed by atoms with Crippen LogP contribution in [0.1, 0.15) is 20.8 Å². The third kappa shape index (κ3) is 4.84. The van der Waals surface area contributed by atoms with E-state index in [4.69, 9.17) is 9.47 Å². The second-order valence-corrected chi connectivity index (χ2v) is 6.34. The molecule has 0 radical (unpaired) electrons. The molecular weight excluding hydrogens is 239 g/mol. The molecule has 90 valence electrons. The van der Waals surface area contributed by atoms with Gasteiger partial charge >= 0.3 is 0 Å². The van der Waals surface area contributed by atoms with Gasteiger partial charge < -0.3 is 9.47 Å². The summed E-state index contributed by atoms with van der Waals surface area (Å²) >= 11 is 1.79. The van der Waals surface area contributed by atoms with Crippen molar-refractivity contribution in [1.29, 1.82) is 0 Å². The van der Waals surface area contributed by atoms with Crippen LogP contribution in [0.15, 0.2) is 35.2 Å². The van der Waals surface area contributed by atoms with E-state index in [-0.39, 0.29) is 0 Å². The lowest BCUT2D eigenvalue weighted by Crippen LogP contribution is -2.26. The highest BCUT2D eigenvalue weighted by Crippen LogP contribution is 2.48. The number of rotatable bonds is 7. The van der Waals surface area contributed by atoms with Crippen LogP contribution >= 0.6 is 19.2 Å². The molecule has 0 saturated carbocycles. The molecule has 1 unspecified atom stereocenters. The summed E-state index contributed by atoms with van der Waals surface area (Å²) in [6.45, 7) is 7.36. The summed E-state index contributed by atoms with van der Waals surface area (Å²) in [5.74, 6) is 0. The van der Waals surface area contributed by atoms with Crippen molar-refractivity contribution in [3.8, 4) is 0 Å². The second kappa shape index (κ2) is 7.29. The van der Waals surface area contributed by atoms with Gasteiger partial charge in [-0.2, -0.15) is 0 Å². The molecule has 1 rings (SSSR count). The van der Waals surface area contributed by atoms with E-state index in [1.54, 1.807) is 11.4 Å². The molecule has 0 heterocycles. The van der Waals surface area contributed by atoms with Crippen LogP contribution in [-0.4, -0.2) is 18.7 Å². The lowest BCUT2D eigenvalue weighted by atomic mass is 10.4. The predicted molar refractivity (Wildman–Crippen MR) is 72.3 cm³/mol. The molecule has 16 heavy (non-hydrogen) atoms. The van der Waals surface area contributed by atoms with Crippen LogP contribution in [0, 0.1) is 0 Å². The minimum absolute atomic E-state index is 0.454. The van der Waals surface area contributed by atoms with Gasteiger partial charge in [-0.25, -0.2) is 0 Å². The predicted octanol–water partition coefficient (Wildman–Crippen LogP) is 4.12. The van der Waals surface area contributed by atoms with Crippen LogP contribution in [0.2, 0.25) is 0 Å². The molecule has 0 fully saturated rings. The van der Waals surface area contributed by atoms with Crippen molar-refractivity contribution >= 4 is 19.2 Å². The average Bonchev–Trinajstić information content (AvgIpc) is 2.29. The molecule has 2 nitrogen and oxygen atoms in total. The van der Waals surface area contributed by atoms with Gasteiger partial charge in [0.2, 0.25) is 0 Å².